The average Bonchev–Trinajstić information content (AvgIpc) is 3.79. The van der Waals surface area contributed by atoms with Crippen LogP contribution < -0.4 is 20.3 Å². The van der Waals surface area contributed by atoms with Gasteiger partial charge in [0.05, 0.1) is 36.6 Å². The van der Waals surface area contributed by atoms with Crippen LogP contribution in [0.4, 0.5) is 11.8 Å². The van der Waals surface area contributed by atoms with Crippen molar-refractivity contribution in [3.05, 3.63) is 58.4 Å². The van der Waals surface area contributed by atoms with Gasteiger partial charge in [-0.2, -0.15) is 4.98 Å². The molecule has 14 nitrogen and oxygen atoms in total. The van der Waals surface area contributed by atoms with Crippen molar-refractivity contribution < 1.29 is 28.6 Å². The molecule has 2 saturated heterocycles. The second-order valence-electron chi connectivity index (χ2n) is 12.5. The lowest BCUT2D eigenvalue weighted by molar-refractivity contribution is -0.132. The molecule has 250 valence electrons. The van der Waals surface area contributed by atoms with Crippen molar-refractivity contribution in [3.8, 4) is 5.75 Å². The smallest absolute Gasteiger partial charge is 0.270 e. The molecule has 5 heterocycles. The van der Waals surface area contributed by atoms with Gasteiger partial charge in [0, 0.05) is 64.3 Å². The van der Waals surface area contributed by atoms with Crippen LogP contribution in [-0.4, -0.2) is 113 Å². The Morgan fingerprint density at radius 3 is 2.68 bits per heavy atom. The standard InChI is InChI=1S/C32H39ClN8O6/c33-29-25-5-6-39(14-21(25)3-4-27(29)46-18-24-13-34-19-47-24)15-23(42)12-35-30(43)26-11-28(36-22-16-45-17-22)38-32(37-26)41-9-7-40(8-10-41)31(44)20-1-2-20/h3-4,11,13,19-20,22-23,42H,1-2,5-10,12,14-18H2,(H,35,43)(H,36,37,38). The fraction of sp³-hybridized carbons (Fsp3) is 0.531. The lowest BCUT2D eigenvalue weighted by Crippen LogP contribution is -2.50. The number of halogens is 1. The van der Waals surface area contributed by atoms with Crippen LogP contribution in [0.25, 0.3) is 0 Å². The number of aliphatic hydroxyl groups excluding tert-OH is 1. The van der Waals surface area contributed by atoms with Crippen LogP contribution in [0.5, 0.6) is 5.75 Å². The molecule has 1 saturated carbocycles. The van der Waals surface area contributed by atoms with E-state index in [-0.39, 0.29) is 36.7 Å². The van der Waals surface area contributed by atoms with Gasteiger partial charge >= 0.3 is 0 Å². The van der Waals surface area contributed by atoms with E-state index in [0.29, 0.717) is 93.7 Å². The number of nitrogens with one attached hydrogen (secondary N) is 2. The minimum absolute atomic E-state index is 0.0673. The molecule has 47 heavy (non-hydrogen) atoms. The zero-order valence-corrected chi connectivity index (χ0v) is 26.8. The minimum atomic E-state index is -0.788. The third kappa shape index (κ3) is 7.61. The second kappa shape index (κ2) is 14.0. The first-order valence-electron chi connectivity index (χ1n) is 16.2. The molecule has 0 bridgehead atoms. The van der Waals surface area contributed by atoms with E-state index in [1.807, 2.05) is 21.9 Å². The first-order chi connectivity index (χ1) is 22.9. The summed E-state index contributed by atoms with van der Waals surface area (Å²) >= 11 is 6.68. The van der Waals surface area contributed by atoms with Gasteiger partial charge in [0.15, 0.2) is 12.2 Å². The molecule has 0 radical (unpaired) electrons. The zero-order valence-electron chi connectivity index (χ0n) is 26.1. The molecule has 2 aromatic heterocycles. The number of amides is 2. The number of carbonyl (C=O) groups excluding carboxylic acids is 2. The Labute approximate surface area is 277 Å². The fourth-order valence-corrected chi connectivity index (χ4v) is 6.38. The van der Waals surface area contributed by atoms with Crippen molar-refractivity contribution in [2.75, 3.05) is 69.2 Å². The highest BCUT2D eigenvalue weighted by Gasteiger charge is 2.35. The van der Waals surface area contributed by atoms with E-state index >= 15 is 0 Å². The predicted molar refractivity (Wildman–Crippen MR) is 171 cm³/mol. The van der Waals surface area contributed by atoms with Gasteiger partial charge < -0.3 is 39.4 Å². The summed E-state index contributed by atoms with van der Waals surface area (Å²) in [7, 11) is 0. The Morgan fingerprint density at radius 1 is 1.13 bits per heavy atom. The maximum absolute atomic E-state index is 13.3. The summed E-state index contributed by atoms with van der Waals surface area (Å²) in [6.45, 7) is 5.55. The Balaban J connectivity index is 0.933. The van der Waals surface area contributed by atoms with Gasteiger partial charge in [0.1, 0.15) is 23.9 Å². The number of nitrogens with zero attached hydrogens (tertiary/aromatic N) is 6. The summed E-state index contributed by atoms with van der Waals surface area (Å²) in [5.74, 6) is 2.23. The summed E-state index contributed by atoms with van der Waals surface area (Å²) in [6, 6.07) is 5.59. The number of benzene rings is 1. The molecule has 1 aromatic carbocycles. The molecule has 2 amide bonds. The van der Waals surface area contributed by atoms with Gasteiger partial charge in [-0.3, -0.25) is 14.5 Å². The van der Waals surface area contributed by atoms with Crippen molar-refractivity contribution in [3.63, 3.8) is 0 Å². The topological polar surface area (TPSA) is 158 Å². The zero-order chi connectivity index (χ0) is 32.3. The second-order valence-corrected chi connectivity index (χ2v) is 12.9. The first-order valence-corrected chi connectivity index (χ1v) is 16.5. The molecule has 3 fully saturated rings. The highest BCUT2D eigenvalue weighted by molar-refractivity contribution is 6.33. The largest absolute Gasteiger partial charge is 0.484 e. The number of aliphatic hydroxyl groups is 1. The summed E-state index contributed by atoms with van der Waals surface area (Å²) < 4.78 is 16.4. The fourth-order valence-electron chi connectivity index (χ4n) is 6.05. The van der Waals surface area contributed by atoms with E-state index in [4.69, 9.17) is 25.5 Å². The lowest BCUT2D eigenvalue weighted by atomic mass is 9.99. The van der Waals surface area contributed by atoms with E-state index in [2.05, 4.69) is 30.5 Å². The number of hydrogen-bond donors (Lipinski definition) is 3. The number of β-amino-alcohol motifs (C(OH)–C–C–N with tert-alkyl or cyclic N) is 1. The molecule has 15 heteroatoms. The summed E-state index contributed by atoms with van der Waals surface area (Å²) in [4.78, 5) is 45.1. The highest BCUT2D eigenvalue weighted by Crippen LogP contribution is 2.35. The molecule has 3 aliphatic heterocycles. The lowest BCUT2D eigenvalue weighted by Gasteiger charge is -2.35. The molecule has 1 atom stereocenters. The Morgan fingerprint density at radius 2 is 1.96 bits per heavy atom. The number of rotatable bonds is 12. The molecule has 1 unspecified atom stereocenters. The van der Waals surface area contributed by atoms with Crippen molar-refractivity contribution in [2.24, 2.45) is 5.92 Å². The van der Waals surface area contributed by atoms with Crippen LogP contribution in [0.1, 0.15) is 40.2 Å². The van der Waals surface area contributed by atoms with Gasteiger partial charge in [-0.25, -0.2) is 9.97 Å². The third-order valence-corrected chi connectivity index (χ3v) is 9.35. The van der Waals surface area contributed by atoms with Crippen molar-refractivity contribution in [1.82, 2.24) is 30.1 Å². The monoisotopic (exact) mass is 666 g/mol. The molecule has 3 aromatic rings. The maximum Gasteiger partial charge on any atom is 0.270 e. The molecule has 1 aliphatic carbocycles. The Bertz CT molecular complexity index is 1580. The highest BCUT2D eigenvalue weighted by atomic mass is 35.5. The number of hydrogen-bond acceptors (Lipinski definition) is 12. The van der Waals surface area contributed by atoms with E-state index in [9.17, 15) is 14.7 Å². The van der Waals surface area contributed by atoms with Crippen LogP contribution in [0.15, 0.2) is 35.2 Å². The molecule has 4 aliphatic rings. The molecule has 0 spiro atoms. The molecular formula is C32H39ClN8O6. The molecule has 7 rings (SSSR count). The van der Waals surface area contributed by atoms with E-state index in [1.165, 1.54) is 6.39 Å². The van der Waals surface area contributed by atoms with Crippen LogP contribution >= 0.6 is 11.6 Å². The summed E-state index contributed by atoms with van der Waals surface area (Å²) in [5.41, 5.74) is 2.33. The predicted octanol–water partition coefficient (Wildman–Crippen LogP) is 1.72. The quantitative estimate of drug-likeness (QED) is 0.257. The molecular weight excluding hydrogens is 628 g/mol. The Kier molecular flexibility index (Phi) is 9.43. The van der Waals surface area contributed by atoms with E-state index < -0.39 is 12.0 Å². The van der Waals surface area contributed by atoms with Gasteiger partial charge in [0.25, 0.3) is 5.91 Å². The summed E-state index contributed by atoms with van der Waals surface area (Å²) in [5, 5.41) is 17.6. The van der Waals surface area contributed by atoms with Crippen molar-refractivity contribution in [1.29, 1.82) is 0 Å². The SMILES string of the molecule is O=C(NCC(O)CN1CCc2c(ccc(OCc3cnco3)c2Cl)C1)c1cc(NC2COC2)nc(N2CCN(C(=O)C3CC3)CC2)n1. The number of piperazine rings is 1. The summed E-state index contributed by atoms with van der Waals surface area (Å²) in [6.07, 6.45) is 4.85. The van der Waals surface area contributed by atoms with Crippen LogP contribution in [0, 0.1) is 5.92 Å². The number of carbonyl (C=O) groups is 2. The number of aromatic nitrogens is 3. The van der Waals surface area contributed by atoms with Crippen LogP contribution in [-0.2, 0) is 29.1 Å². The minimum Gasteiger partial charge on any atom is -0.484 e. The number of oxazole rings is 1. The normalized spacial score (nSPS) is 19.1. The van der Waals surface area contributed by atoms with Gasteiger partial charge in [-0.1, -0.05) is 17.7 Å². The van der Waals surface area contributed by atoms with Gasteiger partial charge in [0.2, 0.25) is 11.9 Å². The van der Waals surface area contributed by atoms with Crippen molar-refractivity contribution >= 4 is 35.2 Å². The van der Waals surface area contributed by atoms with E-state index in [0.717, 1.165) is 24.0 Å². The average molecular weight is 667 g/mol. The van der Waals surface area contributed by atoms with Crippen LogP contribution in [0.3, 0.4) is 0 Å². The Hall–Kier alpha value is -3.98. The number of ether oxygens (including phenoxy) is 2. The number of anilines is 2. The molecule has 3 N–H and O–H groups in total. The van der Waals surface area contributed by atoms with Crippen LogP contribution in [0.2, 0.25) is 5.02 Å². The third-order valence-electron chi connectivity index (χ3n) is 8.94. The van der Waals surface area contributed by atoms with Crippen molar-refractivity contribution in [2.45, 2.75) is 44.6 Å². The maximum atomic E-state index is 13.3. The van der Waals surface area contributed by atoms with Gasteiger partial charge in [-0.05, 0) is 36.5 Å². The van der Waals surface area contributed by atoms with E-state index in [1.54, 1.807) is 12.3 Å². The van der Waals surface area contributed by atoms with Gasteiger partial charge in [-0.15, -0.1) is 0 Å². The number of fused-ring (bicyclic) bond motifs is 1. The first kappa shape index (κ1) is 31.6.